The Morgan fingerprint density at radius 3 is 2.79 bits per heavy atom. The van der Waals surface area contributed by atoms with Crippen molar-refractivity contribution in [1.29, 1.82) is 0 Å². The predicted octanol–water partition coefficient (Wildman–Crippen LogP) is 0.330. The van der Waals surface area contributed by atoms with Gasteiger partial charge in [0.25, 0.3) is 0 Å². The molecule has 0 unspecified atom stereocenters. The first-order chi connectivity index (χ1) is 6.53. The molecule has 0 bridgehead atoms. The summed E-state index contributed by atoms with van der Waals surface area (Å²) in [5, 5.41) is 11.1. The van der Waals surface area contributed by atoms with E-state index >= 15 is 0 Å². The lowest BCUT2D eigenvalue weighted by Crippen LogP contribution is -2.36. The Morgan fingerprint density at radius 2 is 2.29 bits per heavy atom. The fourth-order valence-corrected chi connectivity index (χ4v) is 1.04. The summed E-state index contributed by atoms with van der Waals surface area (Å²) >= 11 is 0. The van der Waals surface area contributed by atoms with Crippen LogP contribution in [0.5, 0.6) is 0 Å². The van der Waals surface area contributed by atoms with Crippen molar-refractivity contribution in [2.75, 3.05) is 13.7 Å². The zero-order valence-electron chi connectivity index (χ0n) is 9.24. The van der Waals surface area contributed by atoms with Crippen LogP contribution in [-0.4, -0.2) is 34.2 Å². The Hall–Kier alpha value is -0.940. The molecule has 1 rings (SSSR count). The van der Waals surface area contributed by atoms with Gasteiger partial charge < -0.3 is 10.1 Å². The summed E-state index contributed by atoms with van der Waals surface area (Å²) in [4.78, 5) is 0. The monoisotopic (exact) mass is 198 g/mol. The lowest BCUT2D eigenvalue weighted by molar-refractivity contribution is 0.0230. The van der Waals surface area contributed by atoms with Crippen LogP contribution in [0.25, 0.3) is 0 Å². The van der Waals surface area contributed by atoms with Crippen molar-refractivity contribution in [2.24, 2.45) is 7.05 Å². The third kappa shape index (κ3) is 3.43. The molecule has 0 spiro atoms. The van der Waals surface area contributed by atoms with Crippen molar-refractivity contribution in [3.63, 3.8) is 0 Å². The van der Waals surface area contributed by atoms with E-state index in [2.05, 4.69) is 15.6 Å². The molecular formula is C9H18N4O. The second kappa shape index (κ2) is 4.52. The predicted molar refractivity (Wildman–Crippen MR) is 53.8 cm³/mol. The van der Waals surface area contributed by atoms with Crippen LogP contribution in [0.15, 0.2) is 6.20 Å². The number of ether oxygens (including phenoxy) is 1. The Bertz CT molecular complexity index is 282. The van der Waals surface area contributed by atoms with Crippen LogP contribution in [0.4, 0.5) is 0 Å². The molecular weight excluding hydrogens is 180 g/mol. The Morgan fingerprint density at radius 1 is 1.57 bits per heavy atom. The zero-order chi connectivity index (χ0) is 10.6. The summed E-state index contributed by atoms with van der Waals surface area (Å²) in [6.45, 7) is 5.59. The number of rotatable bonds is 5. The first-order valence-corrected chi connectivity index (χ1v) is 4.64. The summed E-state index contributed by atoms with van der Waals surface area (Å²) in [6, 6.07) is 0. The smallest absolute Gasteiger partial charge is 0.0964 e. The summed E-state index contributed by atoms with van der Waals surface area (Å²) < 4.78 is 6.97. The van der Waals surface area contributed by atoms with Gasteiger partial charge in [-0.2, -0.15) is 0 Å². The molecule has 0 saturated heterocycles. The van der Waals surface area contributed by atoms with E-state index in [-0.39, 0.29) is 5.60 Å². The highest BCUT2D eigenvalue weighted by Crippen LogP contribution is 2.04. The molecule has 80 valence electrons. The van der Waals surface area contributed by atoms with Crippen molar-refractivity contribution in [1.82, 2.24) is 20.3 Å². The van der Waals surface area contributed by atoms with Gasteiger partial charge in [0.1, 0.15) is 0 Å². The van der Waals surface area contributed by atoms with Crippen LogP contribution in [0, 0.1) is 0 Å². The topological polar surface area (TPSA) is 52.0 Å². The molecule has 5 nitrogen and oxygen atoms in total. The molecule has 1 heterocycles. The first-order valence-electron chi connectivity index (χ1n) is 4.64. The van der Waals surface area contributed by atoms with Crippen molar-refractivity contribution < 1.29 is 4.74 Å². The van der Waals surface area contributed by atoms with E-state index in [0.717, 1.165) is 18.8 Å². The summed E-state index contributed by atoms with van der Waals surface area (Å²) in [7, 11) is 3.57. The number of nitrogens with zero attached hydrogens (tertiary/aromatic N) is 3. The fourth-order valence-electron chi connectivity index (χ4n) is 1.04. The molecule has 14 heavy (non-hydrogen) atoms. The average molecular weight is 198 g/mol. The van der Waals surface area contributed by atoms with Crippen molar-refractivity contribution >= 4 is 0 Å². The number of methoxy groups -OCH3 is 1. The van der Waals surface area contributed by atoms with Crippen LogP contribution in [0.2, 0.25) is 0 Å². The van der Waals surface area contributed by atoms with Gasteiger partial charge in [0.15, 0.2) is 0 Å². The van der Waals surface area contributed by atoms with E-state index in [0.29, 0.717) is 0 Å². The molecule has 0 atom stereocenters. The molecule has 5 heteroatoms. The fraction of sp³-hybridized carbons (Fsp3) is 0.778. The lowest BCUT2D eigenvalue weighted by Gasteiger charge is -2.22. The molecule has 0 saturated carbocycles. The van der Waals surface area contributed by atoms with Gasteiger partial charge in [-0.05, 0) is 13.8 Å². The first kappa shape index (κ1) is 11.1. The van der Waals surface area contributed by atoms with Gasteiger partial charge in [-0.25, -0.2) is 0 Å². The van der Waals surface area contributed by atoms with Gasteiger partial charge in [-0.1, -0.05) is 5.21 Å². The zero-order valence-corrected chi connectivity index (χ0v) is 9.24. The molecule has 1 aromatic rings. The van der Waals surface area contributed by atoms with E-state index in [1.165, 1.54) is 0 Å². The molecule has 0 aromatic carbocycles. The molecule has 1 aromatic heterocycles. The van der Waals surface area contributed by atoms with Gasteiger partial charge in [0.2, 0.25) is 0 Å². The molecule has 0 fully saturated rings. The van der Waals surface area contributed by atoms with Gasteiger partial charge in [0.05, 0.1) is 11.3 Å². The number of hydrogen-bond acceptors (Lipinski definition) is 4. The summed E-state index contributed by atoms with van der Waals surface area (Å²) in [5.74, 6) is 0. The Labute approximate surface area is 84.4 Å². The van der Waals surface area contributed by atoms with Crippen LogP contribution >= 0.6 is 0 Å². The van der Waals surface area contributed by atoms with Gasteiger partial charge in [0, 0.05) is 33.4 Å². The highest BCUT2D eigenvalue weighted by atomic mass is 16.5. The van der Waals surface area contributed by atoms with Crippen LogP contribution in [-0.2, 0) is 18.3 Å². The maximum absolute atomic E-state index is 5.28. The molecule has 0 amide bonds. The largest absolute Gasteiger partial charge is 0.377 e. The maximum atomic E-state index is 5.28. The third-order valence-electron chi connectivity index (χ3n) is 2.06. The van der Waals surface area contributed by atoms with Crippen LogP contribution < -0.4 is 5.32 Å². The van der Waals surface area contributed by atoms with Crippen molar-refractivity contribution in [2.45, 2.75) is 26.0 Å². The minimum Gasteiger partial charge on any atom is -0.377 e. The molecule has 0 aliphatic carbocycles. The van der Waals surface area contributed by atoms with E-state index in [4.69, 9.17) is 4.74 Å². The number of hydrogen-bond donors (Lipinski definition) is 1. The van der Waals surface area contributed by atoms with Crippen LogP contribution in [0.1, 0.15) is 19.5 Å². The van der Waals surface area contributed by atoms with Crippen molar-refractivity contribution in [3.8, 4) is 0 Å². The number of aromatic nitrogens is 3. The molecule has 0 radical (unpaired) electrons. The minimum atomic E-state index is -0.137. The number of aryl methyl sites for hydroxylation is 1. The SMILES string of the molecule is COC(C)(C)CNCc1cn(C)nn1. The summed E-state index contributed by atoms with van der Waals surface area (Å²) in [5.41, 5.74) is 0.807. The highest BCUT2D eigenvalue weighted by molar-refractivity contribution is 4.91. The standard InChI is InChI=1S/C9H18N4O/c1-9(2,14-4)7-10-5-8-6-13(3)12-11-8/h6,10H,5,7H2,1-4H3. The highest BCUT2D eigenvalue weighted by Gasteiger charge is 2.15. The Balaban J connectivity index is 2.28. The van der Waals surface area contributed by atoms with E-state index < -0.39 is 0 Å². The summed E-state index contributed by atoms with van der Waals surface area (Å²) in [6.07, 6.45) is 1.90. The normalized spacial score (nSPS) is 12.0. The maximum Gasteiger partial charge on any atom is 0.0964 e. The molecule has 1 N–H and O–H groups in total. The molecule has 0 aliphatic rings. The second-order valence-corrected chi connectivity index (χ2v) is 3.95. The van der Waals surface area contributed by atoms with Gasteiger partial charge in [-0.15, -0.1) is 5.10 Å². The minimum absolute atomic E-state index is 0.137. The van der Waals surface area contributed by atoms with Gasteiger partial charge in [-0.3, -0.25) is 4.68 Å². The quantitative estimate of drug-likeness (QED) is 0.740. The van der Waals surface area contributed by atoms with Gasteiger partial charge >= 0.3 is 0 Å². The number of nitrogens with one attached hydrogen (secondary N) is 1. The van der Waals surface area contributed by atoms with E-state index in [1.807, 2.05) is 27.1 Å². The average Bonchev–Trinajstić information content (AvgIpc) is 2.51. The van der Waals surface area contributed by atoms with E-state index in [1.54, 1.807) is 11.8 Å². The lowest BCUT2D eigenvalue weighted by atomic mass is 10.1. The van der Waals surface area contributed by atoms with Crippen molar-refractivity contribution in [3.05, 3.63) is 11.9 Å². The Kier molecular flexibility index (Phi) is 3.60. The third-order valence-corrected chi connectivity index (χ3v) is 2.06. The van der Waals surface area contributed by atoms with E-state index in [9.17, 15) is 0 Å². The molecule has 0 aliphatic heterocycles. The van der Waals surface area contributed by atoms with Crippen LogP contribution in [0.3, 0.4) is 0 Å². The second-order valence-electron chi connectivity index (χ2n) is 3.95.